The number of halogens is 1. The van der Waals surface area contributed by atoms with Crippen molar-refractivity contribution in [1.29, 1.82) is 0 Å². The van der Waals surface area contributed by atoms with Crippen LogP contribution >= 0.6 is 11.6 Å². The van der Waals surface area contributed by atoms with Gasteiger partial charge in [0.2, 0.25) is 0 Å². The molecule has 0 aliphatic carbocycles. The molecule has 76 valence electrons. The molecule has 1 N–H and O–H groups in total. The van der Waals surface area contributed by atoms with E-state index < -0.39 is 6.10 Å². The highest BCUT2D eigenvalue weighted by Crippen LogP contribution is 2.24. The van der Waals surface area contributed by atoms with Crippen LogP contribution in [-0.4, -0.2) is 5.11 Å². The molecule has 0 amide bonds. The second kappa shape index (κ2) is 5.84. The van der Waals surface area contributed by atoms with Crippen LogP contribution in [0, 0.1) is 5.92 Å². The Balaban J connectivity index is 2.61. The van der Waals surface area contributed by atoms with E-state index in [0.717, 1.165) is 12.0 Å². The van der Waals surface area contributed by atoms with E-state index in [0.29, 0.717) is 0 Å². The van der Waals surface area contributed by atoms with Crippen LogP contribution in [0.5, 0.6) is 0 Å². The molecule has 2 heteroatoms. The lowest BCUT2D eigenvalue weighted by Crippen LogP contribution is -2.07. The summed E-state index contributed by atoms with van der Waals surface area (Å²) in [5.41, 5.74) is 2.46. The molecule has 0 aliphatic heterocycles. The summed E-state index contributed by atoms with van der Waals surface area (Å²) in [4.78, 5) is 0. The van der Waals surface area contributed by atoms with Gasteiger partial charge in [0.25, 0.3) is 0 Å². The molecule has 1 rings (SSSR count). The first-order chi connectivity index (χ1) is 6.75. The Kier molecular flexibility index (Phi) is 4.71. The number of benzene rings is 1. The fraction of sp³-hybridized carbons (Fsp3) is 0.333. The number of aliphatic hydroxyl groups is 1. The highest BCUT2D eigenvalue weighted by atomic mass is 35.5. The summed E-state index contributed by atoms with van der Waals surface area (Å²) in [6, 6.07) is 9.68. The third kappa shape index (κ3) is 3.17. The van der Waals surface area contributed by atoms with Gasteiger partial charge in [-0.2, -0.15) is 0 Å². The van der Waals surface area contributed by atoms with Crippen LogP contribution in [0.15, 0.2) is 41.9 Å². The topological polar surface area (TPSA) is 20.2 Å². The molecular weight excluding hydrogens is 196 g/mol. The van der Waals surface area contributed by atoms with Gasteiger partial charge in [-0.15, -0.1) is 0 Å². The van der Waals surface area contributed by atoms with Gasteiger partial charge in [-0.25, -0.2) is 0 Å². The average molecular weight is 211 g/mol. The number of rotatable bonds is 4. The summed E-state index contributed by atoms with van der Waals surface area (Å²) < 4.78 is 0. The van der Waals surface area contributed by atoms with Crippen LogP contribution in [0.3, 0.4) is 0 Å². The van der Waals surface area contributed by atoms with Gasteiger partial charge >= 0.3 is 0 Å². The van der Waals surface area contributed by atoms with Crippen molar-refractivity contribution in [1.82, 2.24) is 0 Å². The van der Waals surface area contributed by atoms with Crippen molar-refractivity contribution < 1.29 is 5.11 Å². The van der Waals surface area contributed by atoms with Crippen molar-refractivity contribution in [2.45, 2.75) is 19.4 Å². The highest BCUT2D eigenvalue weighted by Gasteiger charge is 2.14. The fourth-order valence-corrected chi connectivity index (χ4v) is 1.48. The molecule has 0 spiro atoms. The Hall–Kier alpha value is -0.790. The first-order valence-electron chi connectivity index (χ1n) is 4.74. The normalized spacial score (nSPS) is 15.6. The maximum absolute atomic E-state index is 9.94. The van der Waals surface area contributed by atoms with Crippen molar-refractivity contribution in [2.24, 2.45) is 5.92 Å². The van der Waals surface area contributed by atoms with Crippen molar-refractivity contribution in [3.63, 3.8) is 0 Å². The van der Waals surface area contributed by atoms with Gasteiger partial charge < -0.3 is 5.11 Å². The Morgan fingerprint density at radius 2 is 2.00 bits per heavy atom. The van der Waals surface area contributed by atoms with E-state index in [4.69, 9.17) is 11.6 Å². The lowest BCUT2D eigenvalue weighted by molar-refractivity contribution is 0.119. The van der Waals surface area contributed by atoms with E-state index in [1.807, 2.05) is 43.3 Å². The van der Waals surface area contributed by atoms with E-state index in [-0.39, 0.29) is 5.92 Å². The van der Waals surface area contributed by atoms with Gasteiger partial charge in [0.05, 0.1) is 6.10 Å². The zero-order valence-electron chi connectivity index (χ0n) is 8.23. The molecule has 0 aromatic heterocycles. The second-order valence-electron chi connectivity index (χ2n) is 3.43. The molecule has 1 nitrogen and oxygen atoms in total. The first-order valence-corrected chi connectivity index (χ1v) is 5.17. The summed E-state index contributed by atoms with van der Waals surface area (Å²) in [5.74, 6) is 0.187. The quantitative estimate of drug-likeness (QED) is 0.807. The molecule has 14 heavy (non-hydrogen) atoms. The monoisotopic (exact) mass is 210 g/mol. The second-order valence-corrected chi connectivity index (χ2v) is 3.68. The van der Waals surface area contributed by atoms with Crippen LogP contribution in [-0.2, 0) is 0 Å². The average Bonchev–Trinajstić information content (AvgIpc) is 2.26. The molecule has 0 bridgehead atoms. The van der Waals surface area contributed by atoms with Gasteiger partial charge in [-0.1, -0.05) is 54.9 Å². The van der Waals surface area contributed by atoms with Crippen molar-refractivity contribution in [3.05, 3.63) is 47.5 Å². The third-order valence-corrected chi connectivity index (χ3v) is 2.46. The number of allylic oxidation sites excluding steroid dienone is 1. The van der Waals surface area contributed by atoms with Gasteiger partial charge in [-0.3, -0.25) is 0 Å². The first kappa shape index (κ1) is 11.3. The predicted octanol–water partition coefficient (Wildman–Crippen LogP) is 3.50. The summed E-state index contributed by atoms with van der Waals surface area (Å²) in [7, 11) is 0. The van der Waals surface area contributed by atoms with E-state index >= 15 is 0 Å². The predicted molar refractivity (Wildman–Crippen MR) is 60.2 cm³/mol. The van der Waals surface area contributed by atoms with Crippen molar-refractivity contribution in [2.75, 3.05) is 0 Å². The Labute approximate surface area is 90.0 Å². The van der Waals surface area contributed by atoms with Gasteiger partial charge in [0.15, 0.2) is 0 Å². The lowest BCUT2D eigenvalue weighted by Gasteiger charge is -2.17. The fourth-order valence-electron chi connectivity index (χ4n) is 1.37. The summed E-state index contributed by atoms with van der Waals surface area (Å²) in [5, 5.41) is 9.94. The van der Waals surface area contributed by atoms with Crippen molar-refractivity contribution in [3.8, 4) is 0 Å². The molecule has 0 radical (unpaired) electrons. The zero-order chi connectivity index (χ0) is 10.4. The molecule has 0 fully saturated rings. The Morgan fingerprint density at radius 1 is 1.36 bits per heavy atom. The minimum atomic E-state index is -0.413. The number of aliphatic hydroxyl groups excluding tert-OH is 1. The van der Waals surface area contributed by atoms with Gasteiger partial charge in [-0.05, 0) is 17.9 Å². The van der Waals surface area contributed by atoms with Gasteiger partial charge in [0.1, 0.15) is 0 Å². The molecule has 1 aromatic rings. The van der Waals surface area contributed by atoms with Crippen LogP contribution < -0.4 is 0 Å². The smallest absolute Gasteiger partial charge is 0.0818 e. The van der Waals surface area contributed by atoms with Crippen molar-refractivity contribution >= 4 is 11.6 Å². The number of hydrogen-bond acceptors (Lipinski definition) is 1. The minimum absolute atomic E-state index is 0.187. The molecule has 0 saturated heterocycles. The van der Waals surface area contributed by atoms with E-state index in [2.05, 4.69) is 0 Å². The van der Waals surface area contributed by atoms with Crippen LogP contribution in [0.4, 0.5) is 0 Å². The number of hydrogen-bond donors (Lipinski definition) is 1. The van der Waals surface area contributed by atoms with E-state index in [9.17, 15) is 5.11 Å². The molecule has 1 aromatic carbocycles. The zero-order valence-corrected chi connectivity index (χ0v) is 8.98. The molecule has 2 atom stereocenters. The largest absolute Gasteiger partial charge is 0.388 e. The molecule has 0 heterocycles. The van der Waals surface area contributed by atoms with Crippen LogP contribution in [0.2, 0.25) is 0 Å². The van der Waals surface area contributed by atoms with E-state index in [1.54, 1.807) is 0 Å². The lowest BCUT2D eigenvalue weighted by atomic mass is 9.95. The molecular formula is C12H15ClO. The minimum Gasteiger partial charge on any atom is -0.388 e. The Bertz CT molecular complexity index is 282. The summed E-state index contributed by atoms with van der Waals surface area (Å²) >= 11 is 5.43. The highest BCUT2D eigenvalue weighted by molar-refractivity contribution is 6.25. The van der Waals surface area contributed by atoms with Crippen LogP contribution in [0.1, 0.15) is 25.0 Å². The van der Waals surface area contributed by atoms with Gasteiger partial charge in [0, 0.05) is 5.54 Å². The third-order valence-electron chi connectivity index (χ3n) is 2.28. The molecule has 2 unspecified atom stereocenters. The summed E-state index contributed by atoms with van der Waals surface area (Å²) in [6.45, 7) is 2.01. The molecule has 0 saturated carbocycles. The summed E-state index contributed by atoms with van der Waals surface area (Å²) in [6.07, 6.45) is 2.24. The standard InChI is InChI=1S/C12H15ClO/c1-10(6-5-9-13)12(14)11-7-3-2-4-8-11/h2-5,7-10,12,14H,6H2,1H3/b9-5+. The van der Waals surface area contributed by atoms with E-state index in [1.165, 1.54) is 5.54 Å². The molecule has 0 aliphatic rings. The van der Waals surface area contributed by atoms with Crippen LogP contribution in [0.25, 0.3) is 0 Å². The SMILES string of the molecule is CC(C/C=C/Cl)C(O)c1ccccc1. The Morgan fingerprint density at radius 3 is 2.57 bits per heavy atom. The maximum Gasteiger partial charge on any atom is 0.0818 e. The maximum atomic E-state index is 9.94.